The van der Waals surface area contributed by atoms with Crippen molar-refractivity contribution in [1.29, 1.82) is 5.26 Å². The molecule has 104 valence electrons. The summed E-state index contributed by atoms with van der Waals surface area (Å²) in [6.07, 6.45) is 0.610. The molecule has 1 N–H and O–H groups in total. The van der Waals surface area contributed by atoms with Crippen LogP contribution in [0.2, 0.25) is 0 Å². The van der Waals surface area contributed by atoms with Crippen molar-refractivity contribution in [2.24, 2.45) is 0 Å². The van der Waals surface area contributed by atoms with Crippen molar-refractivity contribution in [3.8, 4) is 11.8 Å². The number of thiophene rings is 1. The minimum absolute atomic E-state index is 0.610. The monoisotopic (exact) mass is 286 g/mol. The zero-order chi connectivity index (χ0) is 14.4. The molecule has 0 aliphatic rings. The Morgan fingerprint density at radius 3 is 2.75 bits per heavy atom. The molecule has 1 heterocycles. The van der Waals surface area contributed by atoms with Crippen molar-refractivity contribution in [1.82, 2.24) is 5.32 Å². The van der Waals surface area contributed by atoms with E-state index in [2.05, 4.69) is 17.5 Å². The van der Waals surface area contributed by atoms with Gasteiger partial charge in [0.25, 0.3) is 0 Å². The van der Waals surface area contributed by atoms with Crippen LogP contribution in [0.3, 0.4) is 0 Å². The van der Waals surface area contributed by atoms with Crippen LogP contribution < -0.4 is 10.1 Å². The van der Waals surface area contributed by atoms with Crippen LogP contribution in [0.15, 0.2) is 41.8 Å². The molecule has 1 unspecified atom stereocenters. The molecular formula is C16H18N2OS. The van der Waals surface area contributed by atoms with Gasteiger partial charge in [-0.05, 0) is 30.0 Å². The van der Waals surface area contributed by atoms with E-state index in [1.165, 1.54) is 4.88 Å². The smallest absolute Gasteiger partial charge is 0.122 e. The molecule has 4 heteroatoms. The number of hydrogen-bond donors (Lipinski definition) is 1. The van der Waals surface area contributed by atoms with Gasteiger partial charge in [-0.1, -0.05) is 24.3 Å². The van der Waals surface area contributed by atoms with Crippen LogP contribution in [0.25, 0.3) is 0 Å². The zero-order valence-electron chi connectivity index (χ0n) is 11.7. The second kappa shape index (κ2) is 6.56. The average molecular weight is 286 g/mol. The largest absolute Gasteiger partial charge is 0.496 e. The van der Waals surface area contributed by atoms with Gasteiger partial charge in [0.2, 0.25) is 0 Å². The van der Waals surface area contributed by atoms with Gasteiger partial charge in [-0.2, -0.15) is 5.26 Å². The molecule has 1 aromatic heterocycles. The predicted octanol–water partition coefficient (Wildman–Crippen LogP) is 3.37. The fraction of sp³-hybridized carbons (Fsp3) is 0.312. The van der Waals surface area contributed by atoms with E-state index in [0.29, 0.717) is 13.0 Å². The van der Waals surface area contributed by atoms with Crippen LogP contribution in [0, 0.1) is 11.3 Å². The van der Waals surface area contributed by atoms with Gasteiger partial charge in [-0.3, -0.25) is 5.32 Å². The van der Waals surface area contributed by atoms with E-state index in [1.807, 2.05) is 42.6 Å². The molecule has 0 aliphatic heterocycles. The normalized spacial score (nSPS) is 13.4. The first kappa shape index (κ1) is 14.6. The predicted molar refractivity (Wildman–Crippen MR) is 81.9 cm³/mol. The fourth-order valence-corrected chi connectivity index (χ4v) is 2.71. The summed E-state index contributed by atoms with van der Waals surface area (Å²) in [5.74, 6) is 0.826. The Morgan fingerprint density at radius 2 is 2.10 bits per heavy atom. The lowest BCUT2D eigenvalue weighted by molar-refractivity contribution is 0.395. The first-order chi connectivity index (χ1) is 9.67. The van der Waals surface area contributed by atoms with E-state index in [0.717, 1.165) is 11.3 Å². The Hall–Kier alpha value is -1.83. The second-order valence-electron chi connectivity index (χ2n) is 4.87. The molecular weight excluding hydrogens is 268 g/mol. The Kier molecular flexibility index (Phi) is 4.78. The number of nitrogens with one attached hydrogen (secondary N) is 1. The molecule has 0 radical (unpaired) electrons. The van der Waals surface area contributed by atoms with Gasteiger partial charge in [0.15, 0.2) is 0 Å². The topological polar surface area (TPSA) is 45.0 Å². The van der Waals surface area contributed by atoms with Gasteiger partial charge in [-0.15, -0.1) is 11.3 Å². The molecule has 0 saturated carbocycles. The van der Waals surface area contributed by atoms with Crippen molar-refractivity contribution in [2.45, 2.75) is 25.4 Å². The number of hydrogen-bond acceptors (Lipinski definition) is 4. The summed E-state index contributed by atoms with van der Waals surface area (Å²) in [5.41, 5.74) is 0.427. The van der Waals surface area contributed by atoms with Gasteiger partial charge in [0.05, 0.1) is 13.2 Å². The maximum Gasteiger partial charge on any atom is 0.122 e. The third-order valence-corrected chi connectivity index (χ3v) is 4.09. The highest BCUT2D eigenvalue weighted by molar-refractivity contribution is 7.09. The molecule has 0 fully saturated rings. The summed E-state index contributed by atoms with van der Waals surface area (Å²) in [4.78, 5) is 1.23. The Morgan fingerprint density at radius 1 is 1.30 bits per heavy atom. The second-order valence-corrected chi connectivity index (χ2v) is 5.90. The number of para-hydroxylation sites is 1. The van der Waals surface area contributed by atoms with Crippen LogP contribution in [-0.2, 0) is 13.0 Å². The summed E-state index contributed by atoms with van der Waals surface area (Å²) >= 11 is 1.69. The third kappa shape index (κ3) is 3.60. The summed E-state index contributed by atoms with van der Waals surface area (Å²) in [7, 11) is 1.65. The van der Waals surface area contributed by atoms with Crippen molar-refractivity contribution >= 4 is 11.3 Å². The minimum Gasteiger partial charge on any atom is -0.496 e. The van der Waals surface area contributed by atoms with Crippen LogP contribution in [0.5, 0.6) is 5.75 Å². The highest BCUT2D eigenvalue weighted by atomic mass is 32.1. The molecule has 2 aromatic rings. The number of methoxy groups -OCH3 is 1. The fourth-order valence-electron chi connectivity index (χ4n) is 2.07. The van der Waals surface area contributed by atoms with Crippen LogP contribution in [0.1, 0.15) is 17.4 Å². The molecule has 0 amide bonds. The summed E-state index contributed by atoms with van der Waals surface area (Å²) in [6.45, 7) is 2.63. The molecule has 1 aromatic carbocycles. The average Bonchev–Trinajstić information content (AvgIpc) is 2.99. The highest BCUT2D eigenvalue weighted by Gasteiger charge is 2.25. The van der Waals surface area contributed by atoms with E-state index in [4.69, 9.17) is 4.74 Å². The summed E-state index contributed by atoms with van der Waals surface area (Å²) in [6, 6.07) is 14.3. The van der Waals surface area contributed by atoms with E-state index in [1.54, 1.807) is 18.4 Å². The first-order valence-corrected chi connectivity index (χ1v) is 7.35. The maximum absolute atomic E-state index is 9.49. The molecule has 0 spiro atoms. The lowest BCUT2D eigenvalue weighted by Crippen LogP contribution is -2.42. The van der Waals surface area contributed by atoms with Gasteiger partial charge < -0.3 is 4.74 Å². The van der Waals surface area contributed by atoms with E-state index < -0.39 is 5.54 Å². The van der Waals surface area contributed by atoms with Crippen molar-refractivity contribution in [2.75, 3.05) is 7.11 Å². The van der Waals surface area contributed by atoms with Crippen LogP contribution in [-0.4, -0.2) is 12.6 Å². The van der Waals surface area contributed by atoms with Gasteiger partial charge in [-0.25, -0.2) is 0 Å². The van der Waals surface area contributed by atoms with Gasteiger partial charge >= 0.3 is 0 Å². The van der Waals surface area contributed by atoms with E-state index >= 15 is 0 Å². The van der Waals surface area contributed by atoms with Crippen molar-refractivity contribution in [3.05, 3.63) is 52.2 Å². The van der Waals surface area contributed by atoms with E-state index in [9.17, 15) is 5.26 Å². The van der Waals surface area contributed by atoms with Crippen molar-refractivity contribution in [3.63, 3.8) is 0 Å². The Labute approximate surface area is 123 Å². The molecule has 0 bridgehead atoms. The molecule has 2 rings (SSSR count). The number of rotatable bonds is 6. The van der Waals surface area contributed by atoms with E-state index in [-0.39, 0.29) is 0 Å². The first-order valence-electron chi connectivity index (χ1n) is 6.47. The number of benzene rings is 1. The van der Waals surface area contributed by atoms with Gasteiger partial charge in [0.1, 0.15) is 11.3 Å². The standard InChI is InChI=1S/C16H18N2OS/c1-16(12-17,18-11-14-7-5-9-20-14)10-13-6-3-4-8-15(13)19-2/h3-9,18H,10-11H2,1-2H3. The molecule has 20 heavy (non-hydrogen) atoms. The Balaban J connectivity index is 2.09. The highest BCUT2D eigenvalue weighted by Crippen LogP contribution is 2.23. The lowest BCUT2D eigenvalue weighted by Gasteiger charge is -2.24. The Bertz CT molecular complexity index is 589. The minimum atomic E-state index is -0.612. The van der Waals surface area contributed by atoms with Crippen molar-refractivity contribution < 1.29 is 4.74 Å². The summed E-state index contributed by atoms with van der Waals surface area (Å²) < 4.78 is 5.35. The molecule has 0 aliphatic carbocycles. The van der Waals surface area contributed by atoms with Gasteiger partial charge in [0, 0.05) is 17.8 Å². The van der Waals surface area contributed by atoms with Crippen LogP contribution >= 0.6 is 11.3 Å². The third-order valence-electron chi connectivity index (χ3n) is 3.22. The number of ether oxygens (including phenoxy) is 1. The SMILES string of the molecule is COc1ccccc1CC(C)(C#N)NCc1cccs1. The number of nitriles is 1. The van der Waals surface area contributed by atoms with Crippen LogP contribution in [0.4, 0.5) is 0 Å². The molecule has 3 nitrogen and oxygen atoms in total. The lowest BCUT2D eigenvalue weighted by atomic mass is 9.93. The summed E-state index contributed by atoms with van der Waals surface area (Å²) in [5, 5.41) is 14.9. The molecule has 0 saturated heterocycles. The number of nitrogens with zero attached hydrogens (tertiary/aromatic N) is 1. The maximum atomic E-state index is 9.49. The molecule has 1 atom stereocenters. The quantitative estimate of drug-likeness (QED) is 0.885. The zero-order valence-corrected chi connectivity index (χ0v) is 12.5.